The van der Waals surface area contributed by atoms with Gasteiger partial charge in [-0.25, -0.2) is 38.7 Å². The van der Waals surface area contributed by atoms with Gasteiger partial charge in [0.05, 0.1) is 25.9 Å². The van der Waals surface area contributed by atoms with Crippen molar-refractivity contribution < 1.29 is 56.4 Å². The molecule has 0 saturated carbocycles. The van der Waals surface area contributed by atoms with E-state index in [1.54, 1.807) is 12.2 Å². The van der Waals surface area contributed by atoms with Crippen molar-refractivity contribution in [3.63, 3.8) is 0 Å². The third-order valence-corrected chi connectivity index (χ3v) is 8.52. The van der Waals surface area contributed by atoms with Crippen LogP contribution in [0.3, 0.4) is 0 Å². The van der Waals surface area contributed by atoms with Crippen molar-refractivity contribution in [2.24, 2.45) is 0 Å². The Morgan fingerprint density at radius 1 is 0.750 bits per heavy atom. The number of anilines is 2. The number of fused-ring (bicyclic) bond motifs is 2. The molecule has 260 valence electrons. The summed E-state index contributed by atoms with van der Waals surface area (Å²) in [6, 6.07) is 0. The Balaban J connectivity index is 1.07. The van der Waals surface area contributed by atoms with Gasteiger partial charge < -0.3 is 49.2 Å². The first-order valence-corrected chi connectivity index (χ1v) is 16.8. The Morgan fingerprint density at radius 2 is 1.17 bits per heavy atom. The summed E-state index contributed by atoms with van der Waals surface area (Å²) in [5, 5.41) is 25.2. The Kier molecular flexibility index (Phi) is 10.7. The number of rotatable bonds is 14. The molecule has 24 heteroatoms. The molecule has 0 radical (unpaired) electrons. The second kappa shape index (κ2) is 14.9. The Bertz CT molecular complexity index is 1690. The van der Waals surface area contributed by atoms with E-state index in [1.165, 1.54) is 34.4 Å². The smallest absolute Gasteiger partial charge is 0.317 e. The second-order valence-corrected chi connectivity index (χ2v) is 11.9. The van der Waals surface area contributed by atoms with Gasteiger partial charge in [-0.15, -0.1) is 0 Å². The number of aliphatic hydroxyl groups excluding tert-OH is 2. The lowest BCUT2D eigenvalue weighted by molar-refractivity contribution is -0.0436. The lowest BCUT2D eigenvalue weighted by Gasteiger charge is -2.16. The van der Waals surface area contributed by atoms with E-state index in [9.17, 15) is 19.3 Å². The zero-order valence-corrected chi connectivity index (χ0v) is 26.5. The third-order valence-electron chi connectivity index (χ3n) is 7.57. The summed E-state index contributed by atoms with van der Waals surface area (Å²) >= 11 is 0. The van der Waals surface area contributed by atoms with Gasteiger partial charge in [-0.1, -0.05) is 12.2 Å². The quantitative estimate of drug-likeness (QED) is 0.0742. The monoisotopic (exact) mass is 718 g/mol. The van der Waals surface area contributed by atoms with Crippen molar-refractivity contribution in [3.8, 4) is 0 Å². The molecule has 2 saturated heterocycles. The van der Waals surface area contributed by atoms with Gasteiger partial charge in [0.15, 0.2) is 58.8 Å². The Hall–Kier alpha value is -3.56. The van der Waals surface area contributed by atoms with Crippen LogP contribution >= 0.6 is 16.5 Å². The number of nitrogens with one attached hydrogen (secondary N) is 2. The molecule has 0 spiro atoms. The lowest BCUT2D eigenvalue weighted by atomic mass is 10.1. The molecule has 3 unspecified atom stereocenters. The zero-order chi connectivity index (χ0) is 33.9. The minimum Gasteiger partial charge on any atom is -0.394 e. The van der Waals surface area contributed by atoms with Crippen LogP contribution in [-0.2, 0) is 27.7 Å². The first kappa shape index (κ1) is 34.3. The number of imidazole rings is 2. The summed E-state index contributed by atoms with van der Waals surface area (Å²) in [7, 11) is -6.98. The number of aromatic nitrogens is 8. The van der Waals surface area contributed by atoms with Crippen LogP contribution in [0, 0.1) is 0 Å². The SMILES string of the molecule is O=[PH](O)O[C@H]1[C@@H](F)[C@H](n2cnc3c(NC/C=C/CNc4ncnc5c4ncn5[C@@H]4OC(CO)[C@@H](O[PH](=O)O)[C@H]4F)ncnc32)O[C@@H]1CO. The molecule has 0 bridgehead atoms. The van der Waals surface area contributed by atoms with Gasteiger partial charge in [0.1, 0.15) is 37.1 Å². The maximum atomic E-state index is 15.2. The van der Waals surface area contributed by atoms with E-state index in [1.807, 2.05) is 0 Å². The van der Waals surface area contributed by atoms with Crippen molar-refractivity contribution >= 4 is 50.5 Å². The summed E-state index contributed by atoms with van der Waals surface area (Å²) in [6.07, 6.45) is -3.08. The van der Waals surface area contributed by atoms with Crippen LogP contribution < -0.4 is 10.6 Å². The van der Waals surface area contributed by atoms with Gasteiger partial charge in [-0.3, -0.25) is 18.3 Å². The van der Waals surface area contributed by atoms with Crippen molar-refractivity contribution in [3.05, 3.63) is 37.5 Å². The minimum atomic E-state index is -3.49. The van der Waals surface area contributed by atoms with Crippen LogP contribution in [0.15, 0.2) is 37.5 Å². The molecule has 2 fully saturated rings. The van der Waals surface area contributed by atoms with Crippen LogP contribution in [-0.4, -0.2) is 122 Å². The third kappa shape index (κ3) is 6.81. The largest absolute Gasteiger partial charge is 0.394 e. The maximum absolute atomic E-state index is 15.2. The highest BCUT2D eigenvalue weighted by atomic mass is 31.1. The summed E-state index contributed by atoms with van der Waals surface area (Å²) in [4.78, 5) is 43.5. The van der Waals surface area contributed by atoms with Gasteiger partial charge in [-0.05, 0) is 0 Å². The highest BCUT2D eigenvalue weighted by Crippen LogP contribution is 2.40. The van der Waals surface area contributed by atoms with E-state index in [0.29, 0.717) is 35.8 Å². The van der Waals surface area contributed by atoms with Crippen LogP contribution in [0.5, 0.6) is 0 Å². The molecule has 0 aliphatic carbocycles. The van der Waals surface area contributed by atoms with E-state index >= 15 is 8.78 Å². The zero-order valence-electron chi connectivity index (χ0n) is 24.5. The highest BCUT2D eigenvalue weighted by molar-refractivity contribution is 7.32. The molecule has 2 aliphatic rings. The van der Waals surface area contributed by atoms with E-state index in [2.05, 4.69) is 40.5 Å². The fourth-order valence-electron chi connectivity index (χ4n) is 5.46. The summed E-state index contributed by atoms with van der Waals surface area (Å²) < 4.78 is 75.8. The van der Waals surface area contributed by atoms with Gasteiger partial charge >= 0.3 is 16.5 Å². The predicted octanol–water partition coefficient (Wildman–Crippen LogP) is 0.0362. The number of nitrogens with zero attached hydrogens (tertiary/aromatic N) is 8. The number of ether oxygens (including phenoxy) is 2. The van der Waals surface area contributed by atoms with Crippen LogP contribution in [0.4, 0.5) is 20.4 Å². The maximum Gasteiger partial charge on any atom is 0.317 e. The standard InChI is InChI=1S/C24H30F2N10O10P2/c25-13-17(45-47(39)40)11(5-37)43-23(13)35-9-33-15-19(29-7-31-21(15)35)27-3-1-2-4-28-20-16-22(32-8-30-20)36(10-34-16)24-14(26)18(46-48(41)42)12(6-38)44-24/h1-2,7-14,17-18,23-24,37-38,47-48H,3-6H2,(H,39,40)(H,41,42)(H,27,29,31)(H,28,30,32)/b2-1+/t11-,12?,13-,14-,17-,18-,23-,24-/m1/s1. The van der Waals surface area contributed by atoms with Gasteiger partial charge in [0, 0.05) is 13.1 Å². The topological polar surface area (TPSA) is 263 Å². The normalized spacial score (nSPS) is 28.9. The number of hydrogen-bond donors (Lipinski definition) is 6. The van der Waals surface area contributed by atoms with Gasteiger partial charge in [0.25, 0.3) is 0 Å². The van der Waals surface area contributed by atoms with Crippen LogP contribution in [0.1, 0.15) is 12.5 Å². The highest BCUT2D eigenvalue weighted by Gasteiger charge is 2.49. The molecule has 4 aromatic heterocycles. The average molecular weight is 719 g/mol. The van der Waals surface area contributed by atoms with E-state index in [4.69, 9.17) is 28.3 Å². The molecule has 6 heterocycles. The van der Waals surface area contributed by atoms with Crippen LogP contribution in [0.25, 0.3) is 22.3 Å². The van der Waals surface area contributed by atoms with Crippen LogP contribution in [0.2, 0.25) is 0 Å². The van der Waals surface area contributed by atoms with Crippen molar-refractivity contribution in [2.45, 2.75) is 49.2 Å². The summed E-state index contributed by atoms with van der Waals surface area (Å²) in [5.74, 6) is 0.671. The molecule has 6 rings (SSSR count). The Morgan fingerprint density at radius 3 is 1.54 bits per heavy atom. The summed E-state index contributed by atoms with van der Waals surface area (Å²) in [5.41, 5.74) is 1.03. The molecule has 4 aromatic rings. The molecule has 20 nitrogen and oxygen atoms in total. The van der Waals surface area contributed by atoms with Gasteiger partial charge in [-0.2, -0.15) is 0 Å². The second-order valence-electron chi connectivity index (χ2n) is 10.4. The molecule has 0 amide bonds. The molecular weight excluding hydrogens is 688 g/mol. The summed E-state index contributed by atoms with van der Waals surface area (Å²) in [6.45, 7) is -0.682. The first-order chi connectivity index (χ1) is 23.2. The number of halogens is 2. The lowest BCUT2D eigenvalue weighted by Crippen LogP contribution is -2.32. The minimum absolute atomic E-state index is 0.216. The molecule has 10 atom stereocenters. The van der Waals surface area contributed by atoms with Crippen molar-refractivity contribution in [1.82, 2.24) is 39.0 Å². The van der Waals surface area contributed by atoms with E-state index < -0.39 is 78.9 Å². The molecule has 0 aromatic carbocycles. The fourth-order valence-corrected chi connectivity index (χ4v) is 6.49. The molecule has 6 N–H and O–H groups in total. The van der Waals surface area contributed by atoms with Crippen molar-refractivity contribution in [1.29, 1.82) is 0 Å². The fraction of sp³-hybridized carbons (Fsp3) is 0.500. The molecule has 48 heavy (non-hydrogen) atoms. The molecule has 2 aliphatic heterocycles. The number of alkyl halides is 2. The van der Waals surface area contributed by atoms with Crippen molar-refractivity contribution in [2.75, 3.05) is 36.9 Å². The number of aliphatic hydroxyl groups is 2. The predicted molar refractivity (Wildman–Crippen MR) is 161 cm³/mol. The average Bonchev–Trinajstić information content (AvgIpc) is 3.83. The van der Waals surface area contributed by atoms with E-state index in [-0.39, 0.29) is 11.3 Å². The first-order valence-electron chi connectivity index (χ1n) is 14.3. The van der Waals surface area contributed by atoms with E-state index in [0.717, 1.165) is 0 Å². The molecular formula is C24H30F2N10O10P2. The number of hydrogen-bond acceptors (Lipinski definition) is 16. The van der Waals surface area contributed by atoms with Gasteiger partial charge in [0.2, 0.25) is 0 Å². The Labute approximate surface area is 269 Å².